The number of anilines is 2. The highest BCUT2D eigenvalue weighted by atomic mass is 35.5. The fourth-order valence-corrected chi connectivity index (χ4v) is 2.67. The molecule has 0 bridgehead atoms. The van der Waals surface area contributed by atoms with Gasteiger partial charge in [0.2, 0.25) is 0 Å². The minimum absolute atomic E-state index is 0.521. The van der Waals surface area contributed by atoms with Crippen LogP contribution in [0.25, 0.3) is 0 Å². The second-order valence-corrected chi connectivity index (χ2v) is 6.01. The Morgan fingerprint density at radius 2 is 1.87 bits per heavy atom. The number of para-hydroxylation sites is 1. The number of benzene rings is 2. The summed E-state index contributed by atoms with van der Waals surface area (Å²) in [6, 6.07) is 13.7. The molecule has 0 unspecified atom stereocenters. The Balaban J connectivity index is 2.06. The molecular formula is C17H19ClN4O. The number of aliphatic imine (C=N–C) groups is 1. The maximum absolute atomic E-state index is 9.38. The molecule has 2 aromatic carbocycles. The number of rotatable bonds is 3. The number of fused-ring (bicyclic) bond motifs is 2. The predicted octanol–water partition coefficient (Wildman–Crippen LogP) is 3.73. The number of hydroxylamine groups is 2. The maximum Gasteiger partial charge on any atom is 0.138 e. The van der Waals surface area contributed by atoms with Crippen molar-refractivity contribution in [2.45, 2.75) is 0 Å². The van der Waals surface area contributed by atoms with Crippen LogP contribution in [0.3, 0.4) is 0 Å². The number of likely N-dealkylation sites (N-methyl/N-ethyl adjacent to an activating group) is 2. The van der Waals surface area contributed by atoms with E-state index >= 15 is 0 Å². The lowest BCUT2D eigenvalue weighted by molar-refractivity contribution is -0.0659. The molecule has 120 valence electrons. The topological polar surface area (TPSA) is 51.1 Å². The number of nitrogens with one attached hydrogen (secondary N) is 1. The molecule has 0 radical (unpaired) electrons. The summed E-state index contributed by atoms with van der Waals surface area (Å²) in [5, 5.41) is 14.6. The lowest BCUT2D eigenvalue weighted by atomic mass is 10.1. The Morgan fingerprint density at radius 1 is 1.09 bits per heavy atom. The fourth-order valence-electron chi connectivity index (χ4n) is 2.50. The largest absolute Gasteiger partial charge is 0.358 e. The summed E-state index contributed by atoms with van der Waals surface area (Å²) in [5.41, 5.74) is 3.73. The number of amidine groups is 1. The molecule has 0 amide bonds. The third-order valence-corrected chi connectivity index (χ3v) is 3.98. The first-order valence-electron chi connectivity index (χ1n) is 7.40. The highest BCUT2D eigenvalue weighted by Crippen LogP contribution is 2.36. The van der Waals surface area contributed by atoms with Gasteiger partial charge in [0.05, 0.1) is 11.4 Å². The summed E-state index contributed by atoms with van der Waals surface area (Å²) in [6.07, 6.45) is 0. The maximum atomic E-state index is 9.38. The van der Waals surface area contributed by atoms with Crippen LogP contribution in [0.5, 0.6) is 0 Å². The first kappa shape index (κ1) is 15.8. The van der Waals surface area contributed by atoms with Crippen molar-refractivity contribution in [1.29, 1.82) is 0 Å². The Hall–Kier alpha value is -2.08. The van der Waals surface area contributed by atoms with E-state index in [4.69, 9.17) is 16.6 Å². The van der Waals surface area contributed by atoms with Crippen LogP contribution in [-0.2, 0) is 0 Å². The SMILES string of the molecule is CN(O)CCN(C)C1=Nc2cc(Cl)ccc2Nc2ccccc21. The second-order valence-electron chi connectivity index (χ2n) is 5.57. The first-order valence-corrected chi connectivity index (χ1v) is 7.78. The van der Waals surface area contributed by atoms with E-state index in [1.54, 1.807) is 7.05 Å². The monoisotopic (exact) mass is 330 g/mol. The number of hydrogen-bond donors (Lipinski definition) is 2. The molecule has 2 aromatic rings. The molecule has 0 atom stereocenters. The van der Waals surface area contributed by atoms with E-state index in [-0.39, 0.29) is 0 Å². The van der Waals surface area contributed by atoms with Crippen LogP contribution in [0.15, 0.2) is 47.5 Å². The quantitative estimate of drug-likeness (QED) is 0.842. The number of hydrogen-bond acceptors (Lipinski definition) is 5. The molecule has 2 N–H and O–H groups in total. The molecule has 0 saturated carbocycles. The van der Waals surface area contributed by atoms with E-state index < -0.39 is 0 Å². The summed E-state index contributed by atoms with van der Waals surface area (Å²) >= 11 is 6.12. The zero-order valence-corrected chi connectivity index (χ0v) is 13.9. The van der Waals surface area contributed by atoms with Crippen molar-refractivity contribution in [3.05, 3.63) is 53.1 Å². The molecule has 1 heterocycles. The minimum Gasteiger partial charge on any atom is -0.358 e. The van der Waals surface area contributed by atoms with Gasteiger partial charge in [0.25, 0.3) is 0 Å². The van der Waals surface area contributed by atoms with Gasteiger partial charge < -0.3 is 15.4 Å². The van der Waals surface area contributed by atoms with Crippen LogP contribution in [0, 0.1) is 0 Å². The molecular weight excluding hydrogens is 312 g/mol. The predicted molar refractivity (Wildman–Crippen MR) is 94.4 cm³/mol. The van der Waals surface area contributed by atoms with Crippen molar-refractivity contribution < 1.29 is 5.21 Å². The normalized spacial score (nSPS) is 12.8. The lowest BCUT2D eigenvalue weighted by Gasteiger charge is -2.23. The van der Waals surface area contributed by atoms with Crippen molar-refractivity contribution >= 4 is 34.5 Å². The zero-order valence-electron chi connectivity index (χ0n) is 13.1. The Morgan fingerprint density at radius 3 is 2.65 bits per heavy atom. The van der Waals surface area contributed by atoms with Crippen molar-refractivity contribution in [3.8, 4) is 0 Å². The van der Waals surface area contributed by atoms with E-state index in [1.807, 2.05) is 54.4 Å². The van der Waals surface area contributed by atoms with Gasteiger partial charge in [-0.05, 0) is 30.3 Å². The van der Waals surface area contributed by atoms with Crippen molar-refractivity contribution in [2.24, 2.45) is 4.99 Å². The van der Waals surface area contributed by atoms with Crippen LogP contribution in [0.4, 0.5) is 17.1 Å². The summed E-state index contributed by atoms with van der Waals surface area (Å²) in [4.78, 5) is 6.85. The number of halogens is 1. The standard InChI is InChI=1S/C17H19ClN4O/c1-21(9-10-22(2)23)17-13-5-3-4-6-14(13)19-15-8-7-12(18)11-16(15)20-17/h3-8,11,19,23H,9-10H2,1-2H3. The third kappa shape index (κ3) is 3.47. The van der Waals surface area contributed by atoms with Crippen LogP contribution in [-0.4, -0.2) is 48.2 Å². The van der Waals surface area contributed by atoms with E-state index in [0.29, 0.717) is 18.1 Å². The minimum atomic E-state index is 0.521. The van der Waals surface area contributed by atoms with Crippen LogP contribution >= 0.6 is 11.6 Å². The Bertz CT molecular complexity index is 745. The molecule has 0 aliphatic carbocycles. The molecule has 1 aliphatic rings. The Labute approximate surface area is 140 Å². The highest BCUT2D eigenvalue weighted by Gasteiger charge is 2.19. The second kappa shape index (κ2) is 6.58. The Kier molecular flexibility index (Phi) is 4.52. The van der Waals surface area contributed by atoms with Crippen LogP contribution < -0.4 is 5.32 Å². The smallest absolute Gasteiger partial charge is 0.138 e. The van der Waals surface area contributed by atoms with Crippen molar-refractivity contribution in [1.82, 2.24) is 9.96 Å². The molecule has 0 fully saturated rings. The van der Waals surface area contributed by atoms with Gasteiger partial charge in [-0.3, -0.25) is 0 Å². The van der Waals surface area contributed by atoms with E-state index in [1.165, 1.54) is 5.06 Å². The van der Waals surface area contributed by atoms with Gasteiger partial charge in [-0.15, -0.1) is 0 Å². The molecule has 0 spiro atoms. The van der Waals surface area contributed by atoms with Gasteiger partial charge in [-0.1, -0.05) is 23.7 Å². The van der Waals surface area contributed by atoms with E-state index in [9.17, 15) is 5.21 Å². The molecule has 3 rings (SSSR count). The molecule has 23 heavy (non-hydrogen) atoms. The molecule has 0 saturated heterocycles. The average Bonchev–Trinajstić information content (AvgIpc) is 2.69. The van der Waals surface area contributed by atoms with Gasteiger partial charge in [-0.25, -0.2) is 4.99 Å². The van der Waals surface area contributed by atoms with E-state index in [0.717, 1.165) is 28.5 Å². The lowest BCUT2D eigenvalue weighted by Crippen LogP contribution is -2.34. The highest BCUT2D eigenvalue weighted by molar-refractivity contribution is 6.31. The van der Waals surface area contributed by atoms with Gasteiger partial charge in [-0.2, -0.15) is 5.06 Å². The summed E-state index contributed by atoms with van der Waals surface area (Å²) < 4.78 is 0. The van der Waals surface area contributed by atoms with Gasteiger partial charge in [0.15, 0.2) is 0 Å². The van der Waals surface area contributed by atoms with Gasteiger partial charge >= 0.3 is 0 Å². The van der Waals surface area contributed by atoms with Gasteiger partial charge in [0.1, 0.15) is 5.84 Å². The molecule has 0 aromatic heterocycles. The number of nitrogens with zero attached hydrogens (tertiary/aromatic N) is 3. The van der Waals surface area contributed by atoms with Crippen LogP contribution in [0.1, 0.15) is 5.56 Å². The van der Waals surface area contributed by atoms with Crippen molar-refractivity contribution in [2.75, 3.05) is 32.5 Å². The first-order chi connectivity index (χ1) is 11.0. The zero-order chi connectivity index (χ0) is 16.4. The molecule has 6 heteroatoms. The van der Waals surface area contributed by atoms with Gasteiger partial charge in [0, 0.05) is 43.5 Å². The average molecular weight is 331 g/mol. The van der Waals surface area contributed by atoms with Crippen molar-refractivity contribution in [3.63, 3.8) is 0 Å². The van der Waals surface area contributed by atoms with E-state index in [2.05, 4.69) is 5.32 Å². The molecule has 1 aliphatic heterocycles. The molecule has 5 nitrogen and oxygen atoms in total. The third-order valence-electron chi connectivity index (χ3n) is 3.74. The summed E-state index contributed by atoms with van der Waals surface area (Å²) in [6.45, 7) is 1.17. The van der Waals surface area contributed by atoms with Crippen LogP contribution in [0.2, 0.25) is 5.02 Å². The summed E-state index contributed by atoms with van der Waals surface area (Å²) in [5.74, 6) is 0.843. The fraction of sp³-hybridized carbons (Fsp3) is 0.235. The summed E-state index contributed by atoms with van der Waals surface area (Å²) in [7, 11) is 3.60.